The van der Waals surface area contributed by atoms with Gasteiger partial charge in [0.2, 0.25) is 5.91 Å². The van der Waals surface area contributed by atoms with Gasteiger partial charge in [-0.25, -0.2) is 9.78 Å². The highest BCUT2D eigenvalue weighted by atomic mass is 16.4. The van der Waals surface area contributed by atoms with Crippen LogP contribution in [-0.4, -0.2) is 22.0 Å². The number of carbonyl (C=O) groups excluding carboxylic acids is 1. The summed E-state index contributed by atoms with van der Waals surface area (Å²) < 4.78 is 0. The number of carbonyl (C=O) groups is 2. The minimum atomic E-state index is -1.02. The van der Waals surface area contributed by atoms with E-state index >= 15 is 0 Å². The lowest BCUT2D eigenvalue weighted by Gasteiger charge is -2.08. The van der Waals surface area contributed by atoms with Crippen LogP contribution >= 0.6 is 0 Å². The van der Waals surface area contributed by atoms with Crippen molar-refractivity contribution in [2.24, 2.45) is 5.73 Å². The zero-order chi connectivity index (χ0) is 14.7. The van der Waals surface area contributed by atoms with Crippen LogP contribution in [-0.2, 0) is 0 Å². The summed E-state index contributed by atoms with van der Waals surface area (Å²) in [5, 5.41) is 11.9. The van der Waals surface area contributed by atoms with E-state index in [9.17, 15) is 9.59 Å². The van der Waals surface area contributed by atoms with Gasteiger partial charge in [0, 0.05) is 11.3 Å². The van der Waals surface area contributed by atoms with Crippen molar-refractivity contribution >= 4 is 23.4 Å². The molecule has 1 aromatic carbocycles. The van der Waals surface area contributed by atoms with Gasteiger partial charge in [0.25, 0.3) is 0 Å². The molecule has 0 spiro atoms. The molecule has 2 rings (SSSR count). The average molecular weight is 271 g/mol. The normalized spacial score (nSPS) is 10.1. The third kappa shape index (κ3) is 2.92. The van der Waals surface area contributed by atoms with Crippen molar-refractivity contribution in [3.63, 3.8) is 0 Å². The molecule has 1 amide bonds. The lowest BCUT2D eigenvalue weighted by Crippen LogP contribution is -2.11. The summed E-state index contributed by atoms with van der Waals surface area (Å²) in [6.45, 7) is 1.62. The summed E-state index contributed by atoms with van der Waals surface area (Å²) >= 11 is 0. The lowest BCUT2D eigenvalue weighted by molar-refractivity contribution is 0.0695. The number of pyridine rings is 1. The summed E-state index contributed by atoms with van der Waals surface area (Å²) in [7, 11) is 0. The molecule has 4 N–H and O–H groups in total. The van der Waals surface area contributed by atoms with E-state index in [4.69, 9.17) is 10.8 Å². The van der Waals surface area contributed by atoms with E-state index in [2.05, 4.69) is 10.3 Å². The molecular formula is C14H13N3O3. The Balaban J connectivity index is 2.26. The fraction of sp³-hybridized carbons (Fsp3) is 0.0714. The first kappa shape index (κ1) is 13.5. The lowest BCUT2D eigenvalue weighted by atomic mass is 10.2. The summed E-state index contributed by atoms with van der Waals surface area (Å²) in [6, 6.07) is 9.71. The predicted octanol–water partition coefficient (Wildman–Crippen LogP) is 1.93. The maximum atomic E-state index is 11.1. The second-order valence-electron chi connectivity index (χ2n) is 4.20. The van der Waals surface area contributed by atoms with E-state index < -0.39 is 11.9 Å². The Labute approximate surface area is 115 Å². The Bertz CT molecular complexity index is 683. The highest BCUT2D eigenvalue weighted by Gasteiger charge is 2.09. The van der Waals surface area contributed by atoms with Gasteiger partial charge in [-0.1, -0.05) is 6.07 Å². The number of nitrogens with one attached hydrogen (secondary N) is 1. The van der Waals surface area contributed by atoms with Crippen molar-refractivity contribution in [2.75, 3.05) is 5.32 Å². The molecule has 1 heterocycles. The Hall–Kier alpha value is -2.89. The fourth-order valence-corrected chi connectivity index (χ4v) is 1.75. The van der Waals surface area contributed by atoms with E-state index in [1.165, 1.54) is 6.07 Å². The minimum absolute atomic E-state index is 0.154. The van der Waals surface area contributed by atoms with E-state index in [1.54, 1.807) is 37.3 Å². The summed E-state index contributed by atoms with van der Waals surface area (Å²) in [5.41, 5.74) is 6.80. The van der Waals surface area contributed by atoms with Crippen LogP contribution in [0.5, 0.6) is 0 Å². The van der Waals surface area contributed by atoms with Crippen molar-refractivity contribution in [3.05, 3.63) is 53.2 Å². The molecule has 0 atom stereocenters. The Morgan fingerprint density at radius 3 is 2.60 bits per heavy atom. The van der Waals surface area contributed by atoms with Crippen molar-refractivity contribution < 1.29 is 14.7 Å². The van der Waals surface area contributed by atoms with Crippen LogP contribution in [0.3, 0.4) is 0 Å². The number of nitrogens with two attached hydrogens (primary N) is 1. The van der Waals surface area contributed by atoms with Crippen molar-refractivity contribution in [1.82, 2.24) is 4.98 Å². The number of rotatable bonds is 4. The number of aryl methyl sites for hydroxylation is 1. The molecule has 0 aliphatic rings. The average Bonchev–Trinajstić information content (AvgIpc) is 2.38. The van der Waals surface area contributed by atoms with Crippen molar-refractivity contribution in [2.45, 2.75) is 6.92 Å². The monoisotopic (exact) mass is 271 g/mol. The number of amides is 1. The number of hydrogen-bond acceptors (Lipinski definition) is 4. The number of anilines is 2. The molecule has 0 bridgehead atoms. The highest BCUT2D eigenvalue weighted by molar-refractivity contribution is 5.94. The molecular weight excluding hydrogens is 258 g/mol. The second kappa shape index (κ2) is 5.40. The fourth-order valence-electron chi connectivity index (χ4n) is 1.75. The van der Waals surface area contributed by atoms with Crippen molar-refractivity contribution in [3.8, 4) is 0 Å². The number of nitrogens with zero attached hydrogens (tertiary/aromatic N) is 1. The van der Waals surface area contributed by atoms with Gasteiger partial charge >= 0.3 is 5.97 Å². The van der Waals surface area contributed by atoms with Crippen LogP contribution in [0.25, 0.3) is 0 Å². The van der Waals surface area contributed by atoms with Gasteiger partial charge in [-0.15, -0.1) is 0 Å². The van der Waals surface area contributed by atoms with Gasteiger partial charge in [0.05, 0.1) is 11.3 Å². The Morgan fingerprint density at radius 1 is 1.25 bits per heavy atom. The van der Waals surface area contributed by atoms with Gasteiger partial charge in [0.1, 0.15) is 5.82 Å². The number of aromatic nitrogens is 1. The van der Waals surface area contributed by atoms with Gasteiger partial charge in [-0.05, 0) is 37.3 Å². The molecule has 2 aromatic rings. The molecule has 1 aromatic heterocycles. The number of aromatic carboxylic acids is 1. The van der Waals surface area contributed by atoms with E-state index in [-0.39, 0.29) is 5.56 Å². The smallest absolute Gasteiger partial charge is 0.337 e. The highest BCUT2D eigenvalue weighted by Crippen LogP contribution is 2.17. The van der Waals surface area contributed by atoms with Crippen LogP contribution in [0.2, 0.25) is 0 Å². The number of benzene rings is 1. The molecule has 0 fully saturated rings. The van der Waals surface area contributed by atoms with E-state index in [0.717, 1.165) is 0 Å². The molecule has 102 valence electrons. The van der Waals surface area contributed by atoms with E-state index in [1.807, 2.05) is 0 Å². The molecule has 20 heavy (non-hydrogen) atoms. The zero-order valence-corrected chi connectivity index (χ0v) is 10.8. The number of carboxylic acids is 1. The first-order valence-corrected chi connectivity index (χ1v) is 5.85. The molecule has 0 aliphatic heterocycles. The van der Waals surface area contributed by atoms with Gasteiger partial charge in [-0.3, -0.25) is 4.79 Å². The molecule has 0 unspecified atom stereocenters. The molecule has 6 heteroatoms. The predicted molar refractivity (Wildman–Crippen MR) is 74.2 cm³/mol. The zero-order valence-electron chi connectivity index (χ0n) is 10.8. The van der Waals surface area contributed by atoms with Crippen LogP contribution in [0.4, 0.5) is 11.5 Å². The number of hydrogen-bond donors (Lipinski definition) is 3. The quantitative estimate of drug-likeness (QED) is 0.788. The molecule has 0 radical (unpaired) electrons. The minimum Gasteiger partial charge on any atom is -0.478 e. The first-order valence-electron chi connectivity index (χ1n) is 5.85. The second-order valence-corrected chi connectivity index (χ2v) is 4.20. The topological polar surface area (TPSA) is 105 Å². The van der Waals surface area contributed by atoms with Gasteiger partial charge in [-0.2, -0.15) is 0 Å². The van der Waals surface area contributed by atoms with Crippen LogP contribution in [0, 0.1) is 6.92 Å². The third-order valence-electron chi connectivity index (χ3n) is 2.74. The SMILES string of the molecule is Cc1nc(Nc2cccc(C(N)=O)c2)ccc1C(=O)O. The van der Waals surface area contributed by atoms with Crippen LogP contribution < -0.4 is 11.1 Å². The number of primary amides is 1. The van der Waals surface area contributed by atoms with Crippen LogP contribution in [0.1, 0.15) is 26.4 Å². The van der Waals surface area contributed by atoms with Crippen LogP contribution in [0.15, 0.2) is 36.4 Å². The van der Waals surface area contributed by atoms with E-state index in [0.29, 0.717) is 22.8 Å². The summed E-state index contributed by atoms with van der Waals surface area (Å²) in [5.74, 6) is -1.04. The summed E-state index contributed by atoms with van der Waals surface area (Å²) in [4.78, 5) is 26.1. The number of carboxylic acid groups (broad SMARTS) is 1. The molecule has 0 saturated carbocycles. The summed E-state index contributed by atoms with van der Waals surface area (Å²) in [6.07, 6.45) is 0. The molecule has 0 aliphatic carbocycles. The molecule has 0 saturated heterocycles. The molecule has 6 nitrogen and oxygen atoms in total. The first-order chi connectivity index (χ1) is 9.47. The Kier molecular flexibility index (Phi) is 3.65. The Morgan fingerprint density at radius 2 is 2.00 bits per heavy atom. The standard InChI is InChI=1S/C14H13N3O3/c1-8-11(14(19)20)5-6-12(16-8)17-10-4-2-3-9(7-10)13(15)18/h2-7H,1H3,(H2,15,18)(H,16,17)(H,19,20). The largest absolute Gasteiger partial charge is 0.478 e. The van der Waals surface area contributed by atoms with Crippen molar-refractivity contribution in [1.29, 1.82) is 0 Å². The maximum absolute atomic E-state index is 11.1. The third-order valence-corrected chi connectivity index (χ3v) is 2.74. The maximum Gasteiger partial charge on any atom is 0.337 e. The van der Waals surface area contributed by atoms with Gasteiger partial charge in [0.15, 0.2) is 0 Å². The van der Waals surface area contributed by atoms with Gasteiger partial charge < -0.3 is 16.2 Å².